The van der Waals surface area contributed by atoms with Gasteiger partial charge in [-0.2, -0.15) is 0 Å². The van der Waals surface area contributed by atoms with Crippen LogP contribution in [0, 0.1) is 0 Å². The van der Waals surface area contributed by atoms with Gasteiger partial charge in [-0.25, -0.2) is 4.98 Å². The first-order valence-corrected chi connectivity index (χ1v) is 8.90. The van der Waals surface area contributed by atoms with Gasteiger partial charge in [-0.1, -0.05) is 45.0 Å². The number of carbonyl (C=O) groups is 1. The van der Waals surface area contributed by atoms with Gasteiger partial charge in [0.1, 0.15) is 5.69 Å². The van der Waals surface area contributed by atoms with Crippen LogP contribution in [-0.2, 0) is 11.8 Å². The molecule has 1 heterocycles. The molecule has 24 heavy (non-hydrogen) atoms. The topological polar surface area (TPSA) is 88.2 Å². The van der Waals surface area contributed by atoms with Crippen molar-refractivity contribution in [3.63, 3.8) is 0 Å². The van der Waals surface area contributed by atoms with Crippen LogP contribution in [0.1, 0.15) is 53.5 Å². The molecule has 0 saturated heterocycles. The SMILES string of the molecule is CC(C)(C)c1ccc(C(O)CNC(=O)c2csc(CCN)n2)cc1. The Bertz CT molecular complexity index is 674. The summed E-state index contributed by atoms with van der Waals surface area (Å²) < 4.78 is 0. The number of amides is 1. The standard InChI is InChI=1S/C18H25N3O2S/c1-18(2,3)13-6-4-12(5-7-13)15(22)10-20-17(23)14-11-24-16(21-14)8-9-19/h4-7,11,15,22H,8-10,19H2,1-3H3,(H,20,23). The highest BCUT2D eigenvalue weighted by Gasteiger charge is 2.16. The van der Waals surface area contributed by atoms with Crippen LogP contribution in [0.15, 0.2) is 29.6 Å². The van der Waals surface area contributed by atoms with E-state index in [4.69, 9.17) is 5.73 Å². The molecule has 0 bridgehead atoms. The number of nitrogens with two attached hydrogens (primary N) is 1. The van der Waals surface area contributed by atoms with E-state index in [2.05, 4.69) is 31.1 Å². The first-order chi connectivity index (χ1) is 11.3. The molecule has 5 nitrogen and oxygen atoms in total. The van der Waals surface area contributed by atoms with Crippen LogP contribution in [0.25, 0.3) is 0 Å². The van der Waals surface area contributed by atoms with Crippen molar-refractivity contribution in [2.45, 2.75) is 38.7 Å². The summed E-state index contributed by atoms with van der Waals surface area (Å²) in [5.74, 6) is -0.278. The summed E-state index contributed by atoms with van der Waals surface area (Å²) in [6.07, 6.45) is -0.0779. The second kappa shape index (κ2) is 7.88. The Hall–Kier alpha value is -1.76. The van der Waals surface area contributed by atoms with Crippen LogP contribution >= 0.6 is 11.3 Å². The van der Waals surface area contributed by atoms with Gasteiger partial charge in [0.05, 0.1) is 11.1 Å². The van der Waals surface area contributed by atoms with Crippen LogP contribution in [0.2, 0.25) is 0 Å². The zero-order valence-electron chi connectivity index (χ0n) is 14.4. The van der Waals surface area contributed by atoms with E-state index in [0.717, 1.165) is 10.6 Å². The van der Waals surface area contributed by atoms with Crippen molar-refractivity contribution in [3.05, 3.63) is 51.5 Å². The van der Waals surface area contributed by atoms with Gasteiger partial charge < -0.3 is 16.2 Å². The lowest BCUT2D eigenvalue weighted by Gasteiger charge is -2.20. The molecule has 0 aliphatic carbocycles. The molecular weight excluding hydrogens is 322 g/mol. The fourth-order valence-electron chi connectivity index (χ4n) is 2.26. The average molecular weight is 347 g/mol. The van der Waals surface area contributed by atoms with Crippen molar-refractivity contribution in [1.29, 1.82) is 0 Å². The Morgan fingerprint density at radius 3 is 2.58 bits per heavy atom. The van der Waals surface area contributed by atoms with Crippen LogP contribution in [0.3, 0.4) is 0 Å². The molecular formula is C18H25N3O2S. The van der Waals surface area contributed by atoms with Crippen LogP contribution in [-0.4, -0.2) is 29.1 Å². The number of aromatic nitrogens is 1. The predicted octanol–water partition coefficient (Wildman–Crippen LogP) is 2.41. The van der Waals surface area contributed by atoms with Crippen molar-refractivity contribution >= 4 is 17.2 Å². The minimum absolute atomic E-state index is 0.0730. The van der Waals surface area contributed by atoms with Gasteiger partial charge in [-0.05, 0) is 23.1 Å². The Kier molecular flexibility index (Phi) is 6.10. The quantitative estimate of drug-likeness (QED) is 0.749. The first kappa shape index (κ1) is 18.6. The molecule has 0 aliphatic rings. The molecule has 4 N–H and O–H groups in total. The van der Waals surface area contributed by atoms with Crippen LogP contribution in [0.4, 0.5) is 0 Å². The minimum atomic E-state index is -0.745. The summed E-state index contributed by atoms with van der Waals surface area (Å²) >= 11 is 1.42. The molecule has 0 aliphatic heterocycles. The van der Waals surface area contributed by atoms with Gasteiger partial charge in [0, 0.05) is 18.3 Å². The van der Waals surface area contributed by atoms with Gasteiger partial charge in [0.15, 0.2) is 0 Å². The maximum atomic E-state index is 12.1. The summed E-state index contributed by atoms with van der Waals surface area (Å²) in [6, 6.07) is 7.83. The number of nitrogens with one attached hydrogen (secondary N) is 1. The fourth-order valence-corrected chi connectivity index (χ4v) is 3.05. The molecule has 1 aromatic carbocycles. The van der Waals surface area contributed by atoms with E-state index in [1.165, 1.54) is 16.9 Å². The van der Waals surface area contributed by atoms with Crippen LogP contribution < -0.4 is 11.1 Å². The van der Waals surface area contributed by atoms with Gasteiger partial charge >= 0.3 is 0 Å². The Morgan fingerprint density at radius 1 is 1.33 bits per heavy atom. The highest BCUT2D eigenvalue weighted by molar-refractivity contribution is 7.09. The van der Waals surface area contributed by atoms with E-state index in [1.807, 2.05) is 24.3 Å². The molecule has 0 radical (unpaired) electrons. The molecule has 1 unspecified atom stereocenters. The summed E-state index contributed by atoms with van der Waals surface area (Å²) in [7, 11) is 0. The molecule has 0 saturated carbocycles. The number of hydrogen-bond donors (Lipinski definition) is 3. The molecule has 2 aromatic rings. The zero-order chi connectivity index (χ0) is 17.7. The highest BCUT2D eigenvalue weighted by atomic mass is 32.1. The fraction of sp³-hybridized carbons (Fsp3) is 0.444. The van der Waals surface area contributed by atoms with E-state index < -0.39 is 6.10 Å². The molecule has 1 aromatic heterocycles. The lowest BCUT2D eigenvalue weighted by molar-refractivity contribution is 0.0912. The number of thiazole rings is 1. The normalized spacial score (nSPS) is 12.9. The molecule has 1 atom stereocenters. The Labute approximate surface area is 146 Å². The van der Waals surface area contributed by atoms with E-state index in [-0.39, 0.29) is 17.9 Å². The van der Waals surface area contributed by atoms with E-state index in [1.54, 1.807) is 5.38 Å². The highest BCUT2D eigenvalue weighted by Crippen LogP contribution is 2.23. The van der Waals surface area contributed by atoms with Gasteiger partial charge in [0.25, 0.3) is 5.91 Å². The number of rotatable bonds is 6. The van der Waals surface area contributed by atoms with Crippen molar-refractivity contribution in [2.75, 3.05) is 13.1 Å². The third kappa shape index (κ3) is 4.87. The molecule has 130 valence electrons. The van der Waals surface area contributed by atoms with Crippen molar-refractivity contribution in [2.24, 2.45) is 5.73 Å². The Morgan fingerprint density at radius 2 is 2.00 bits per heavy atom. The van der Waals surface area contributed by atoms with E-state index in [9.17, 15) is 9.90 Å². The molecule has 6 heteroatoms. The van der Waals surface area contributed by atoms with E-state index in [0.29, 0.717) is 18.7 Å². The van der Waals surface area contributed by atoms with Crippen molar-refractivity contribution in [1.82, 2.24) is 10.3 Å². The van der Waals surface area contributed by atoms with Crippen molar-refractivity contribution < 1.29 is 9.90 Å². The summed E-state index contributed by atoms with van der Waals surface area (Å²) in [5, 5.41) is 15.5. The van der Waals surface area contributed by atoms with Gasteiger partial charge in [0.2, 0.25) is 0 Å². The number of hydrogen-bond acceptors (Lipinski definition) is 5. The van der Waals surface area contributed by atoms with Crippen molar-refractivity contribution in [3.8, 4) is 0 Å². The number of aliphatic hydroxyl groups excluding tert-OH is 1. The second-order valence-electron chi connectivity index (χ2n) is 6.76. The number of aliphatic hydroxyl groups is 1. The largest absolute Gasteiger partial charge is 0.387 e. The summed E-state index contributed by atoms with van der Waals surface area (Å²) in [4.78, 5) is 16.3. The number of nitrogens with zero attached hydrogens (tertiary/aromatic N) is 1. The maximum Gasteiger partial charge on any atom is 0.270 e. The molecule has 0 fully saturated rings. The predicted molar refractivity (Wildman–Crippen MR) is 97.3 cm³/mol. The number of benzene rings is 1. The zero-order valence-corrected chi connectivity index (χ0v) is 15.2. The third-order valence-corrected chi connectivity index (χ3v) is 4.67. The maximum absolute atomic E-state index is 12.1. The lowest BCUT2D eigenvalue weighted by atomic mass is 9.86. The van der Waals surface area contributed by atoms with Gasteiger partial charge in [-0.3, -0.25) is 4.79 Å². The van der Waals surface area contributed by atoms with E-state index >= 15 is 0 Å². The number of carbonyl (C=O) groups excluding carboxylic acids is 1. The van der Waals surface area contributed by atoms with Crippen LogP contribution in [0.5, 0.6) is 0 Å². The second-order valence-corrected chi connectivity index (χ2v) is 7.71. The third-order valence-electron chi connectivity index (χ3n) is 3.76. The lowest BCUT2D eigenvalue weighted by Crippen LogP contribution is -2.28. The smallest absolute Gasteiger partial charge is 0.270 e. The molecule has 0 spiro atoms. The molecule has 1 amide bonds. The van der Waals surface area contributed by atoms with Gasteiger partial charge in [-0.15, -0.1) is 11.3 Å². The monoisotopic (exact) mass is 347 g/mol. The average Bonchev–Trinajstić information content (AvgIpc) is 3.00. The molecule has 2 rings (SSSR count). The minimum Gasteiger partial charge on any atom is -0.387 e. The summed E-state index contributed by atoms with van der Waals surface area (Å²) in [5.41, 5.74) is 7.91. The first-order valence-electron chi connectivity index (χ1n) is 8.02. The summed E-state index contributed by atoms with van der Waals surface area (Å²) in [6.45, 7) is 7.09. The Balaban J connectivity index is 1.92.